The van der Waals surface area contributed by atoms with Gasteiger partial charge in [0.25, 0.3) is 0 Å². The number of carboxylic acids is 1. The topological polar surface area (TPSA) is 60.9 Å². The van der Waals surface area contributed by atoms with E-state index < -0.39 is 11.9 Å². The zero-order valence-electron chi connectivity index (χ0n) is 8.54. The van der Waals surface area contributed by atoms with E-state index in [0.29, 0.717) is 5.69 Å². The molecule has 0 aliphatic carbocycles. The second-order valence-electron chi connectivity index (χ2n) is 3.10. The Morgan fingerprint density at radius 2 is 1.67 bits per heavy atom. The van der Waals surface area contributed by atoms with E-state index in [9.17, 15) is 9.59 Å². The lowest BCUT2D eigenvalue weighted by Gasteiger charge is -2.26. The van der Waals surface area contributed by atoms with Gasteiger partial charge in [-0.15, -0.1) is 0 Å². The molecule has 5 nitrogen and oxygen atoms in total. The van der Waals surface area contributed by atoms with E-state index >= 15 is 0 Å². The average Bonchev–Trinajstić information content (AvgIpc) is 2.18. The van der Waals surface area contributed by atoms with Crippen molar-refractivity contribution in [3.8, 4) is 0 Å². The lowest BCUT2D eigenvalue weighted by Crippen LogP contribution is -2.45. The lowest BCUT2D eigenvalue weighted by molar-refractivity contribution is -0.150. The molecule has 0 heterocycles. The Hall–Kier alpha value is -1.88. The van der Waals surface area contributed by atoms with Gasteiger partial charge in [-0.2, -0.15) is 0 Å². The molecule has 1 N–H and O–H groups in total. The number of para-hydroxylation sites is 1. The number of nitrogens with zero attached hydrogens (tertiary/aromatic N) is 2. The summed E-state index contributed by atoms with van der Waals surface area (Å²) in [5, 5.41) is 11.2. The zero-order chi connectivity index (χ0) is 11.4. The number of aliphatic carboxylic acids is 1. The number of rotatable bonds is 2. The van der Waals surface area contributed by atoms with E-state index in [1.54, 1.807) is 44.4 Å². The molecule has 0 aliphatic rings. The Morgan fingerprint density at radius 3 is 2.07 bits per heavy atom. The molecule has 0 aliphatic heterocycles. The Bertz CT molecular complexity index is 362. The number of carbonyl (C=O) groups is 2. The standard InChI is InChI=1S/C10H12N2O3/c1-11(2)12(9(13)10(14)15)8-6-4-3-5-7-8/h3-7H,1-2H3,(H,14,15). The van der Waals surface area contributed by atoms with Gasteiger partial charge in [-0.3, -0.25) is 4.79 Å². The van der Waals surface area contributed by atoms with Gasteiger partial charge in [0.15, 0.2) is 0 Å². The molecule has 80 valence electrons. The largest absolute Gasteiger partial charge is 0.474 e. The summed E-state index contributed by atoms with van der Waals surface area (Å²) in [7, 11) is 3.21. The van der Waals surface area contributed by atoms with Crippen molar-refractivity contribution in [1.82, 2.24) is 5.01 Å². The fourth-order valence-electron chi connectivity index (χ4n) is 1.19. The Morgan fingerprint density at radius 1 is 1.13 bits per heavy atom. The highest BCUT2D eigenvalue weighted by molar-refractivity contribution is 6.36. The molecular formula is C10H12N2O3. The third-order valence-corrected chi connectivity index (χ3v) is 1.78. The minimum atomic E-state index is -1.48. The van der Waals surface area contributed by atoms with Crippen molar-refractivity contribution in [2.75, 3.05) is 19.1 Å². The fourth-order valence-corrected chi connectivity index (χ4v) is 1.19. The van der Waals surface area contributed by atoms with Crippen molar-refractivity contribution in [3.05, 3.63) is 30.3 Å². The van der Waals surface area contributed by atoms with E-state index in [2.05, 4.69) is 0 Å². The van der Waals surface area contributed by atoms with Crippen LogP contribution in [0.25, 0.3) is 0 Å². The second-order valence-corrected chi connectivity index (χ2v) is 3.10. The summed E-state index contributed by atoms with van der Waals surface area (Å²) in [6.45, 7) is 0. The summed E-state index contributed by atoms with van der Waals surface area (Å²) in [6, 6.07) is 8.60. The molecule has 0 radical (unpaired) electrons. The SMILES string of the molecule is CN(C)N(C(=O)C(=O)O)c1ccccc1. The van der Waals surface area contributed by atoms with Gasteiger partial charge < -0.3 is 5.11 Å². The average molecular weight is 208 g/mol. The predicted molar refractivity (Wildman–Crippen MR) is 55.3 cm³/mol. The Kier molecular flexibility index (Phi) is 3.41. The van der Waals surface area contributed by atoms with Gasteiger partial charge in [0.1, 0.15) is 0 Å². The summed E-state index contributed by atoms with van der Waals surface area (Å²) in [4.78, 5) is 22.0. The Labute approximate surface area is 87.5 Å². The minimum Gasteiger partial charge on any atom is -0.474 e. The van der Waals surface area contributed by atoms with Crippen LogP contribution in [0.15, 0.2) is 30.3 Å². The minimum absolute atomic E-state index is 0.523. The molecule has 1 rings (SSSR count). The fraction of sp³-hybridized carbons (Fsp3) is 0.200. The number of carboxylic acid groups (broad SMARTS) is 1. The van der Waals surface area contributed by atoms with Gasteiger partial charge in [0.05, 0.1) is 5.69 Å². The molecule has 1 aromatic rings. The van der Waals surface area contributed by atoms with E-state index in [1.165, 1.54) is 5.01 Å². The molecule has 0 fully saturated rings. The molecular weight excluding hydrogens is 196 g/mol. The van der Waals surface area contributed by atoms with Crippen LogP contribution >= 0.6 is 0 Å². The first kappa shape index (κ1) is 11.2. The zero-order valence-corrected chi connectivity index (χ0v) is 8.54. The molecule has 0 aromatic heterocycles. The van der Waals surface area contributed by atoms with Crippen LogP contribution in [0.2, 0.25) is 0 Å². The lowest BCUT2D eigenvalue weighted by atomic mass is 10.3. The molecule has 1 aromatic carbocycles. The maximum atomic E-state index is 11.4. The molecule has 0 spiro atoms. The number of hydrogen-bond donors (Lipinski definition) is 1. The summed E-state index contributed by atoms with van der Waals surface area (Å²) < 4.78 is 0. The first-order valence-corrected chi connectivity index (χ1v) is 4.33. The smallest absolute Gasteiger partial charge is 0.396 e. The first-order chi connectivity index (χ1) is 7.04. The normalized spacial score (nSPS) is 10.1. The molecule has 0 saturated carbocycles. The predicted octanol–water partition coefficient (Wildman–Crippen LogP) is 0.581. The van der Waals surface area contributed by atoms with E-state index in [-0.39, 0.29) is 0 Å². The highest BCUT2D eigenvalue weighted by atomic mass is 16.4. The maximum absolute atomic E-state index is 11.4. The molecule has 0 bridgehead atoms. The van der Waals surface area contributed by atoms with E-state index in [1.807, 2.05) is 0 Å². The van der Waals surface area contributed by atoms with Crippen molar-refractivity contribution in [2.45, 2.75) is 0 Å². The maximum Gasteiger partial charge on any atom is 0.396 e. The number of hydrazine groups is 1. The van der Waals surface area contributed by atoms with E-state index in [4.69, 9.17) is 5.11 Å². The van der Waals surface area contributed by atoms with Crippen LogP contribution in [-0.4, -0.2) is 36.1 Å². The molecule has 0 atom stereocenters. The number of anilines is 1. The molecule has 1 amide bonds. The molecule has 0 unspecified atom stereocenters. The van der Waals surface area contributed by atoms with Crippen LogP contribution in [0, 0.1) is 0 Å². The molecule has 5 heteroatoms. The second kappa shape index (κ2) is 4.56. The van der Waals surface area contributed by atoms with Crippen molar-refractivity contribution < 1.29 is 14.7 Å². The van der Waals surface area contributed by atoms with Crippen LogP contribution in [0.3, 0.4) is 0 Å². The van der Waals surface area contributed by atoms with Gasteiger partial charge in [-0.1, -0.05) is 18.2 Å². The van der Waals surface area contributed by atoms with Crippen LogP contribution < -0.4 is 5.01 Å². The summed E-state index contributed by atoms with van der Waals surface area (Å²) in [5.41, 5.74) is 0.523. The van der Waals surface area contributed by atoms with E-state index in [0.717, 1.165) is 5.01 Å². The summed E-state index contributed by atoms with van der Waals surface area (Å²) in [6.07, 6.45) is 0. The van der Waals surface area contributed by atoms with Crippen molar-refractivity contribution in [3.63, 3.8) is 0 Å². The highest BCUT2D eigenvalue weighted by Gasteiger charge is 2.24. The van der Waals surface area contributed by atoms with Crippen LogP contribution in [0.5, 0.6) is 0 Å². The third kappa shape index (κ3) is 2.54. The monoisotopic (exact) mass is 208 g/mol. The van der Waals surface area contributed by atoms with Crippen molar-refractivity contribution in [2.24, 2.45) is 0 Å². The number of hydrogen-bond acceptors (Lipinski definition) is 3. The summed E-state index contributed by atoms with van der Waals surface area (Å²) in [5.74, 6) is -2.46. The highest BCUT2D eigenvalue weighted by Crippen LogP contribution is 2.14. The van der Waals surface area contributed by atoms with Gasteiger partial charge in [-0.05, 0) is 12.1 Å². The van der Waals surface area contributed by atoms with Gasteiger partial charge in [0.2, 0.25) is 0 Å². The third-order valence-electron chi connectivity index (χ3n) is 1.78. The number of amides is 1. The number of benzene rings is 1. The van der Waals surface area contributed by atoms with Crippen molar-refractivity contribution in [1.29, 1.82) is 0 Å². The van der Waals surface area contributed by atoms with Crippen LogP contribution in [0.4, 0.5) is 5.69 Å². The molecule has 15 heavy (non-hydrogen) atoms. The first-order valence-electron chi connectivity index (χ1n) is 4.33. The number of carbonyl (C=O) groups excluding carboxylic acids is 1. The van der Waals surface area contributed by atoms with Gasteiger partial charge in [-0.25, -0.2) is 14.8 Å². The van der Waals surface area contributed by atoms with Gasteiger partial charge in [0, 0.05) is 14.1 Å². The van der Waals surface area contributed by atoms with Crippen LogP contribution in [-0.2, 0) is 9.59 Å². The quantitative estimate of drug-likeness (QED) is 0.570. The van der Waals surface area contributed by atoms with Gasteiger partial charge >= 0.3 is 11.9 Å². The van der Waals surface area contributed by atoms with Crippen LogP contribution in [0.1, 0.15) is 0 Å². The Balaban J connectivity index is 3.04. The molecule has 0 saturated heterocycles. The summed E-state index contributed by atoms with van der Waals surface area (Å²) >= 11 is 0. The van der Waals surface area contributed by atoms with Crippen molar-refractivity contribution >= 4 is 17.6 Å².